The minimum Gasteiger partial charge on any atom is -0.497 e. The molecule has 0 spiro atoms. The molecule has 0 unspecified atom stereocenters. The Morgan fingerprint density at radius 2 is 2.32 bits per heavy atom. The zero-order valence-electron chi connectivity index (χ0n) is 12.9. The highest BCUT2D eigenvalue weighted by atomic mass is 32.1. The van der Waals surface area contributed by atoms with E-state index in [0.29, 0.717) is 6.54 Å². The Morgan fingerprint density at radius 3 is 3.05 bits per heavy atom. The first-order chi connectivity index (χ1) is 10.7. The summed E-state index contributed by atoms with van der Waals surface area (Å²) in [6, 6.07) is 5.94. The number of ether oxygens (including phenoxy) is 1. The smallest absolute Gasteiger partial charge is 0.261 e. The lowest BCUT2D eigenvalue weighted by molar-refractivity contribution is 0.0960. The van der Waals surface area contributed by atoms with E-state index >= 15 is 0 Å². The third kappa shape index (κ3) is 3.00. The van der Waals surface area contributed by atoms with Crippen molar-refractivity contribution in [3.05, 3.63) is 40.3 Å². The van der Waals surface area contributed by atoms with Gasteiger partial charge >= 0.3 is 0 Å². The Bertz CT molecular complexity index is 734. The van der Waals surface area contributed by atoms with Crippen LogP contribution in [0.2, 0.25) is 0 Å². The van der Waals surface area contributed by atoms with Crippen LogP contribution < -0.4 is 15.4 Å². The predicted octanol–water partition coefficient (Wildman–Crippen LogP) is 2.87. The molecule has 1 aliphatic rings. The zero-order valence-corrected chi connectivity index (χ0v) is 13.7. The summed E-state index contributed by atoms with van der Waals surface area (Å²) in [5.74, 6) is 0.831. The van der Waals surface area contributed by atoms with Crippen LogP contribution >= 0.6 is 11.3 Å². The summed E-state index contributed by atoms with van der Waals surface area (Å²) in [6.45, 7) is 4.52. The highest BCUT2D eigenvalue weighted by Gasteiger charge is 2.16. The van der Waals surface area contributed by atoms with E-state index < -0.39 is 0 Å². The van der Waals surface area contributed by atoms with Gasteiger partial charge in [0.1, 0.15) is 5.75 Å². The van der Waals surface area contributed by atoms with Crippen LogP contribution in [0.25, 0.3) is 10.1 Å². The van der Waals surface area contributed by atoms with Crippen LogP contribution in [0.4, 0.5) is 0 Å². The van der Waals surface area contributed by atoms with Gasteiger partial charge in [-0.3, -0.25) is 4.79 Å². The predicted molar refractivity (Wildman–Crippen MR) is 91.0 cm³/mol. The highest BCUT2D eigenvalue weighted by molar-refractivity contribution is 7.21. The van der Waals surface area contributed by atoms with E-state index in [-0.39, 0.29) is 5.91 Å². The van der Waals surface area contributed by atoms with Crippen molar-refractivity contribution >= 4 is 27.3 Å². The molecule has 22 heavy (non-hydrogen) atoms. The van der Waals surface area contributed by atoms with Gasteiger partial charge in [0.2, 0.25) is 0 Å². The van der Waals surface area contributed by atoms with Crippen molar-refractivity contribution in [1.29, 1.82) is 0 Å². The number of carbonyl (C=O) groups excluding carboxylic acids is 1. The van der Waals surface area contributed by atoms with Crippen LogP contribution in [0.5, 0.6) is 5.75 Å². The number of thiophene rings is 1. The van der Waals surface area contributed by atoms with Gasteiger partial charge in [0.15, 0.2) is 0 Å². The third-order valence-electron chi connectivity index (χ3n) is 3.98. The van der Waals surface area contributed by atoms with Gasteiger partial charge in [-0.25, -0.2) is 0 Å². The molecule has 0 bridgehead atoms. The molecule has 4 nitrogen and oxygen atoms in total. The van der Waals surface area contributed by atoms with Crippen molar-refractivity contribution in [1.82, 2.24) is 10.6 Å². The van der Waals surface area contributed by atoms with E-state index in [0.717, 1.165) is 45.8 Å². The van der Waals surface area contributed by atoms with E-state index in [9.17, 15) is 4.79 Å². The number of benzene rings is 1. The van der Waals surface area contributed by atoms with E-state index in [1.807, 2.05) is 25.1 Å². The molecule has 1 aliphatic heterocycles. The van der Waals surface area contributed by atoms with Crippen molar-refractivity contribution in [2.75, 3.05) is 26.7 Å². The highest BCUT2D eigenvalue weighted by Crippen LogP contribution is 2.33. The minimum atomic E-state index is 0.0112. The molecule has 0 saturated carbocycles. The number of methoxy groups -OCH3 is 1. The van der Waals surface area contributed by atoms with Crippen LogP contribution in [-0.2, 0) is 0 Å². The largest absolute Gasteiger partial charge is 0.497 e. The van der Waals surface area contributed by atoms with Crippen LogP contribution in [-0.4, -0.2) is 32.7 Å². The monoisotopic (exact) mass is 316 g/mol. The number of carbonyl (C=O) groups is 1. The Morgan fingerprint density at radius 1 is 1.45 bits per heavy atom. The standard InChI is InChI=1S/C17H20N2O2S/c1-11-14-9-13(21-2)3-4-15(14)22-16(11)17(20)19-10-12-5-7-18-8-6-12/h3-5,9,18H,6-8,10H2,1-2H3,(H,19,20). The Hall–Kier alpha value is -1.85. The van der Waals surface area contributed by atoms with E-state index in [4.69, 9.17) is 4.74 Å². The normalized spacial score (nSPS) is 14.7. The summed E-state index contributed by atoms with van der Waals surface area (Å²) in [5.41, 5.74) is 2.32. The van der Waals surface area contributed by atoms with Gasteiger partial charge in [0.25, 0.3) is 5.91 Å². The fourth-order valence-electron chi connectivity index (χ4n) is 2.65. The van der Waals surface area contributed by atoms with E-state index in [1.54, 1.807) is 7.11 Å². The van der Waals surface area contributed by atoms with Crippen LogP contribution in [0.1, 0.15) is 21.7 Å². The maximum atomic E-state index is 12.5. The molecule has 5 heteroatoms. The first kappa shape index (κ1) is 15.1. The molecule has 3 rings (SSSR count). The van der Waals surface area contributed by atoms with Crippen LogP contribution in [0.15, 0.2) is 29.8 Å². The average molecular weight is 316 g/mol. The lowest BCUT2D eigenvalue weighted by atomic mass is 10.1. The number of hydrogen-bond acceptors (Lipinski definition) is 4. The Labute approximate surface area is 134 Å². The van der Waals surface area contributed by atoms with Gasteiger partial charge in [-0.15, -0.1) is 11.3 Å². The molecule has 0 atom stereocenters. The topological polar surface area (TPSA) is 50.4 Å². The molecular weight excluding hydrogens is 296 g/mol. The molecule has 2 heterocycles. The third-order valence-corrected chi connectivity index (χ3v) is 5.26. The molecule has 0 fully saturated rings. The second-order valence-corrected chi connectivity index (χ2v) is 6.47. The maximum Gasteiger partial charge on any atom is 0.261 e. The Kier molecular flexibility index (Phi) is 4.45. The quantitative estimate of drug-likeness (QED) is 0.853. The molecular formula is C17H20N2O2S. The minimum absolute atomic E-state index is 0.0112. The number of fused-ring (bicyclic) bond motifs is 1. The molecule has 2 N–H and O–H groups in total. The van der Waals surface area contributed by atoms with E-state index in [1.165, 1.54) is 16.9 Å². The van der Waals surface area contributed by atoms with Crippen molar-refractivity contribution in [2.24, 2.45) is 0 Å². The van der Waals surface area contributed by atoms with Crippen molar-refractivity contribution in [3.63, 3.8) is 0 Å². The van der Waals surface area contributed by atoms with Crippen molar-refractivity contribution in [2.45, 2.75) is 13.3 Å². The lowest BCUT2D eigenvalue weighted by Gasteiger charge is -2.14. The summed E-state index contributed by atoms with van der Waals surface area (Å²) in [5, 5.41) is 7.41. The summed E-state index contributed by atoms with van der Waals surface area (Å²) in [4.78, 5) is 13.2. The zero-order chi connectivity index (χ0) is 15.5. The molecule has 1 aromatic heterocycles. The van der Waals surface area contributed by atoms with Crippen molar-refractivity contribution in [3.8, 4) is 5.75 Å². The number of nitrogens with one attached hydrogen (secondary N) is 2. The van der Waals surface area contributed by atoms with Crippen molar-refractivity contribution < 1.29 is 9.53 Å². The van der Waals surface area contributed by atoms with Crippen LogP contribution in [0.3, 0.4) is 0 Å². The lowest BCUT2D eigenvalue weighted by Crippen LogP contribution is -2.29. The summed E-state index contributed by atoms with van der Waals surface area (Å²) in [7, 11) is 1.66. The van der Waals surface area contributed by atoms with Gasteiger partial charge in [0.05, 0.1) is 12.0 Å². The number of rotatable bonds is 4. The summed E-state index contributed by atoms with van der Waals surface area (Å²) >= 11 is 1.54. The second kappa shape index (κ2) is 6.50. The molecule has 0 aliphatic carbocycles. The molecule has 1 aromatic carbocycles. The molecule has 116 valence electrons. The summed E-state index contributed by atoms with van der Waals surface area (Å²) < 4.78 is 6.38. The fraction of sp³-hybridized carbons (Fsp3) is 0.353. The molecule has 1 amide bonds. The first-order valence-electron chi connectivity index (χ1n) is 7.43. The van der Waals surface area contributed by atoms with E-state index in [2.05, 4.69) is 16.7 Å². The fourth-order valence-corrected chi connectivity index (χ4v) is 3.75. The van der Waals surface area contributed by atoms with Gasteiger partial charge < -0.3 is 15.4 Å². The molecule has 0 radical (unpaired) electrons. The second-order valence-electron chi connectivity index (χ2n) is 5.42. The van der Waals surface area contributed by atoms with Gasteiger partial charge in [-0.2, -0.15) is 0 Å². The number of amides is 1. The molecule has 0 saturated heterocycles. The van der Waals surface area contributed by atoms with Gasteiger partial charge in [0, 0.05) is 17.8 Å². The summed E-state index contributed by atoms with van der Waals surface area (Å²) in [6.07, 6.45) is 3.16. The Balaban J connectivity index is 1.78. The average Bonchev–Trinajstić information content (AvgIpc) is 2.90. The first-order valence-corrected chi connectivity index (χ1v) is 8.24. The van der Waals surface area contributed by atoms with Gasteiger partial charge in [-0.05, 0) is 49.0 Å². The number of hydrogen-bond donors (Lipinski definition) is 2. The maximum absolute atomic E-state index is 12.5. The van der Waals surface area contributed by atoms with Crippen LogP contribution in [0, 0.1) is 6.92 Å². The van der Waals surface area contributed by atoms with Gasteiger partial charge in [-0.1, -0.05) is 11.6 Å². The number of aryl methyl sites for hydroxylation is 1. The SMILES string of the molecule is COc1ccc2sc(C(=O)NCC3=CCNCC3)c(C)c2c1. The molecule has 2 aromatic rings.